The van der Waals surface area contributed by atoms with Crippen molar-refractivity contribution in [1.82, 2.24) is 0 Å². The Kier molecular flexibility index (Phi) is 4.03. The summed E-state index contributed by atoms with van der Waals surface area (Å²) < 4.78 is 36.2. The van der Waals surface area contributed by atoms with E-state index < -0.39 is 16.7 Å². The molecule has 2 N–H and O–H groups in total. The molecule has 0 amide bonds. The Balaban J connectivity index is 2.69. The van der Waals surface area contributed by atoms with Crippen molar-refractivity contribution < 1.29 is 12.8 Å². The Morgan fingerprint density at radius 3 is 2.32 bits per heavy atom. The molecule has 2 aromatic rings. The molecule has 3 nitrogen and oxygen atoms in total. The van der Waals surface area contributed by atoms with Gasteiger partial charge in [-0.25, -0.2) is 17.9 Å². The van der Waals surface area contributed by atoms with E-state index in [2.05, 4.69) is 15.9 Å². The second-order valence-electron chi connectivity index (χ2n) is 3.98. The highest BCUT2D eigenvalue weighted by molar-refractivity contribution is 9.10. The Bertz CT molecular complexity index is 702. The molecule has 0 atom stereocenters. The van der Waals surface area contributed by atoms with Crippen LogP contribution in [0.1, 0.15) is 5.56 Å². The first-order valence-electron chi connectivity index (χ1n) is 5.40. The van der Waals surface area contributed by atoms with E-state index in [4.69, 9.17) is 5.14 Å². The van der Waals surface area contributed by atoms with Gasteiger partial charge in [0.15, 0.2) is 0 Å². The Labute approximate surface area is 119 Å². The number of nitrogens with two attached hydrogens (primary N) is 1. The minimum absolute atomic E-state index is 0.111. The van der Waals surface area contributed by atoms with Crippen LogP contribution < -0.4 is 5.14 Å². The van der Waals surface area contributed by atoms with Crippen LogP contribution in [0.2, 0.25) is 0 Å². The molecular formula is C13H11BrFNO2S. The van der Waals surface area contributed by atoms with E-state index in [1.165, 1.54) is 6.07 Å². The topological polar surface area (TPSA) is 60.2 Å². The maximum atomic E-state index is 13.1. The van der Waals surface area contributed by atoms with Crippen molar-refractivity contribution in [3.05, 3.63) is 52.5 Å². The highest BCUT2D eigenvalue weighted by Gasteiger charge is 2.17. The Hall–Kier alpha value is -1.24. The van der Waals surface area contributed by atoms with Crippen LogP contribution in [0.4, 0.5) is 4.39 Å². The van der Waals surface area contributed by atoms with Crippen LogP contribution in [0.5, 0.6) is 0 Å². The summed E-state index contributed by atoms with van der Waals surface area (Å²) in [4.78, 5) is -0.111. The zero-order chi connectivity index (χ0) is 14.0. The smallest absolute Gasteiger partial charge is 0.239 e. The number of benzene rings is 2. The largest absolute Gasteiger partial charge is 0.246 e. The molecule has 0 spiro atoms. The first-order chi connectivity index (χ1) is 8.93. The first kappa shape index (κ1) is 14.2. The highest BCUT2D eigenvalue weighted by Crippen LogP contribution is 2.32. The van der Waals surface area contributed by atoms with Crippen LogP contribution in [0.3, 0.4) is 0 Å². The predicted molar refractivity (Wildman–Crippen MR) is 75.8 cm³/mol. The molecule has 0 radical (unpaired) electrons. The van der Waals surface area contributed by atoms with Gasteiger partial charge >= 0.3 is 0 Å². The summed E-state index contributed by atoms with van der Waals surface area (Å²) in [6.07, 6.45) is 0. The average molecular weight is 344 g/mol. The quantitative estimate of drug-likeness (QED) is 0.929. The highest BCUT2D eigenvalue weighted by atomic mass is 79.9. The summed E-state index contributed by atoms with van der Waals surface area (Å²) in [6.45, 7) is -0.764. The van der Waals surface area contributed by atoms with Crippen LogP contribution in [0.15, 0.2) is 51.8 Å². The van der Waals surface area contributed by atoms with Crippen LogP contribution in [0, 0.1) is 0 Å². The zero-order valence-electron chi connectivity index (χ0n) is 9.81. The molecule has 0 unspecified atom stereocenters. The van der Waals surface area contributed by atoms with Gasteiger partial charge in [-0.3, -0.25) is 0 Å². The number of halogens is 2. The van der Waals surface area contributed by atoms with E-state index in [0.29, 0.717) is 15.6 Å². The molecule has 2 aromatic carbocycles. The van der Waals surface area contributed by atoms with Crippen molar-refractivity contribution in [3.8, 4) is 11.1 Å². The molecule has 0 aromatic heterocycles. The predicted octanol–water partition coefficient (Wildman–Crippen LogP) is 3.23. The maximum Gasteiger partial charge on any atom is 0.239 e. The monoisotopic (exact) mass is 343 g/mol. The minimum atomic E-state index is -3.88. The van der Waals surface area contributed by atoms with Gasteiger partial charge in [-0.1, -0.05) is 30.3 Å². The Morgan fingerprint density at radius 1 is 1.16 bits per heavy atom. The van der Waals surface area contributed by atoms with E-state index in [1.807, 2.05) is 30.3 Å². The van der Waals surface area contributed by atoms with Gasteiger partial charge in [-0.05, 0) is 44.8 Å². The van der Waals surface area contributed by atoms with Crippen molar-refractivity contribution in [2.24, 2.45) is 5.14 Å². The molecule has 0 aliphatic heterocycles. The summed E-state index contributed by atoms with van der Waals surface area (Å²) in [6, 6.07) is 12.0. The van der Waals surface area contributed by atoms with E-state index in [-0.39, 0.29) is 4.90 Å². The standard InChI is InChI=1S/C13H11BrFNO2S/c14-12-7-11(9-4-2-1-3-5-9)10(8-15)6-13(12)19(16,17)18/h1-7H,8H2,(H2,16,17,18). The van der Waals surface area contributed by atoms with Crippen LogP contribution in [-0.4, -0.2) is 8.42 Å². The molecule has 0 saturated carbocycles. The first-order valence-corrected chi connectivity index (χ1v) is 7.74. The third-order valence-electron chi connectivity index (χ3n) is 2.69. The van der Waals surface area contributed by atoms with Crippen LogP contribution >= 0.6 is 15.9 Å². The molecular weight excluding hydrogens is 333 g/mol. The molecule has 0 heterocycles. The number of alkyl halides is 1. The fourth-order valence-corrected chi connectivity index (χ4v) is 3.47. The summed E-state index contributed by atoms with van der Waals surface area (Å²) in [7, 11) is -3.88. The summed E-state index contributed by atoms with van der Waals surface area (Å²) in [5.41, 5.74) is 1.75. The number of rotatable bonds is 3. The van der Waals surface area contributed by atoms with Gasteiger partial charge in [0, 0.05) is 4.47 Å². The molecule has 0 saturated heterocycles. The van der Waals surface area contributed by atoms with Gasteiger partial charge in [0.1, 0.15) is 6.67 Å². The Morgan fingerprint density at radius 2 is 1.79 bits per heavy atom. The van der Waals surface area contributed by atoms with E-state index in [9.17, 15) is 12.8 Å². The summed E-state index contributed by atoms with van der Waals surface area (Å²) in [5.74, 6) is 0. The zero-order valence-corrected chi connectivity index (χ0v) is 12.2. The summed E-state index contributed by atoms with van der Waals surface area (Å²) in [5, 5.41) is 5.09. The maximum absolute atomic E-state index is 13.1. The van der Waals surface area contributed by atoms with Gasteiger partial charge in [-0.2, -0.15) is 0 Å². The fourth-order valence-electron chi connectivity index (χ4n) is 1.81. The van der Waals surface area contributed by atoms with Crippen molar-refractivity contribution in [2.75, 3.05) is 0 Å². The normalized spacial score (nSPS) is 11.5. The van der Waals surface area contributed by atoms with Crippen LogP contribution in [-0.2, 0) is 16.7 Å². The number of primary sulfonamides is 1. The summed E-state index contributed by atoms with van der Waals surface area (Å²) >= 11 is 3.16. The SMILES string of the molecule is NS(=O)(=O)c1cc(CF)c(-c2ccccc2)cc1Br. The fraction of sp³-hybridized carbons (Fsp3) is 0.0769. The molecule has 6 heteroatoms. The van der Waals surface area contributed by atoms with Crippen molar-refractivity contribution in [3.63, 3.8) is 0 Å². The van der Waals surface area contributed by atoms with E-state index >= 15 is 0 Å². The molecule has 2 rings (SSSR count). The average Bonchev–Trinajstić information content (AvgIpc) is 2.38. The van der Waals surface area contributed by atoms with Gasteiger partial charge in [0.2, 0.25) is 10.0 Å². The van der Waals surface area contributed by atoms with Gasteiger partial charge in [0.05, 0.1) is 4.90 Å². The second-order valence-corrected chi connectivity index (χ2v) is 6.37. The number of hydrogen-bond donors (Lipinski definition) is 1. The van der Waals surface area contributed by atoms with E-state index in [0.717, 1.165) is 5.56 Å². The van der Waals surface area contributed by atoms with Crippen molar-refractivity contribution in [2.45, 2.75) is 11.6 Å². The van der Waals surface area contributed by atoms with Gasteiger partial charge in [0.25, 0.3) is 0 Å². The molecule has 19 heavy (non-hydrogen) atoms. The lowest BCUT2D eigenvalue weighted by atomic mass is 10.0. The number of hydrogen-bond acceptors (Lipinski definition) is 2. The lowest BCUT2D eigenvalue weighted by Gasteiger charge is -2.11. The van der Waals surface area contributed by atoms with E-state index in [1.54, 1.807) is 6.07 Å². The molecule has 0 bridgehead atoms. The second kappa shape index (κ2) is 5.40. The number of sulfonamides is 1. The van der Waals surface area contributed by atoms with Crippen LogP contribution in [0.25, 0.3) is 11.1 Å². The minimum Gasteiger partial charge on any atom is -0.246 e. The van der Waals surface area contributed by atoms with Crippen molar-refractivity contribution >= 4 is 26.0 Å². The lowest BCUT2D eigenvalue weighted by molar-refractivity contribution is 0.485. The molecule has 0 aliphatic rings. The third kappa shape index (κ3) is 3.02. The molecule has 0 fully saturated rings. The third-order valence-corrected chi connectivity index (χ3v) is 4.56. The van der Waals surface area contributed by atoms with Crippen molar-refractivity contribution in [1.29, 1.82) is 0 Å². The molecule has 0 aliphatic carbocycles. The van der Waals surface area contributed by atoms with Gasteiger partial charge < -0.3 is 0 Å². The lowest BCUT2D eigenvalue weighted by Crippen LogP contribution is -2.13. The van der Waals surface area contributed by atoms with Gasteiger partial charge in [-0.15, -0.1) is 0 Å². The molecule has 100 valence electrons.